The summed E-state index contributed by atoms with van der Waals surface area (Å²) in [5.41, 5.74) is 3.88. The molecule has 2 heterocycles. The van der Waals surface area contributed by atoms with Gasteiger partial charge >= 0.3 is 5.97 Å². The summed E-state index contributed by atoms with van der Waals surface area (Å²) in [5.74, 6) is -0.687. The molecule has 1 N–H and O–H groups in total. The first-order chi connectivity index (χ1) is 14.3. The number of ether oxygens (including phenoxy) is 1. The molecule has 0 radical (unpaired) electrons. The number of benzene rings is 1. The highest BCUT2D eigenvalue weighted by Crippen LogP contribution is 2.28. The van der Waals surface area contributed by atoms with Gasteiger partial charge in [0.2, 0.25) is 5.91 Å². The lowest BCUT2D eigenvalue weighted by Gasteiger charge is -2.08. The van der Waals surface area contributed by atoms with Gasteiger partial charge in [-0.2, -0.15) is 5.26 Å². The minimum absolute atomic E-state index is 0.0610. The Hall–Kier alpha value is -2.96. The Balaban J connectivity index is 1.73. The summed E-state index contributed by atoms with van der Waals surface area (Å²) in [4.78, 5) is 33.5. The fraction of sp³-hybridized carbons (Fsp3) is 0.286. The van der Waals surface area contributed by atoms with E-state index in [0.717, 1.165) is 33.4 Å². The molecule has 0 aliphatic carbocycles. The van der Waals surface area contributed by atoms with Crippen LogP contribution in [0.5, 0.6) is 0 Å². The number of aromatic nitrogens is 2. The van der Waals surface area contributed by atoms with Crippen molar-refractivity contribution in [2.75, 3.05) is 17.7 Å². The quantitative estimate of drug-likeness (QED) is 0.447. The zero-order valence-corrected chi connectivity index (χ0v) is 18.7. The van der Waals surface area contributed by atoms with Crippen LogP contribution in [0.2, 0.25) is 0 Å². The van der Waals surface area contributed by atoms with Crippen LogP contribution in [0.25, 0.3) is 10.9 Å². The molecule has 9 heteroatoms. The summed E-state index contributed by atoms with van der Waals surface area (Å²) in [6.45, 7) is 7.66. The monoisotopic (exact) mass is 440 g/mol. The smallest absolute Gasteiger partial charge is 0.350 e. The van der Waals surface area contributed by atoms with E-state index in [9.17, 15) is 14.9 Å². The van der Waals surface area contributed by atoms with Crippen LogP contribution < -0.4 is 5.32 Å². The molecule has 7 nitrogen and oxygen atoms in total. The first kappa shape index (κ1) is 21.7. The van der Waals surface area contributed by atoms with Gasteiger partial charge in [-0.25, -0.2) is 14.8 Å². The second-order valence-electron chi connectivity index (χ2n) is 6.60. The second kappa shape index (κ2) is 9.24. The Kier molecular flexibility index (Phi) is 6.70. The van der Waals surface area contributed by atoms with E-state index >= 15 is 0 Å². The van der Waals surface area contributed by atoms with E-state index < -0.39 is 5.97 Å². The van der Waals surface area contributed by atoms with Crippen LogP contribution in [-0.4, -0.2) is 34.2 Å². The van der Waals surface area contributed by atoms with Gasteiger partial charge in [-0.3, -0.25) is 4.79 Å². The molecule has 0 aliphatic rings. The number of esters is 1. The molecule has 1 aromatic carbocycles. The molecule has 0 unspecified atom stereocenters. The molecule has 30 heavy (non-hydrogen) atoms. The maximum Gasteiger partial charge on any atom is 0.350 e. The summed E-state index contributed by atoms with van der Waals surface area (Å²) in [6, 6.07) is 7.99. The molecular weight excluding hydrogens is 420 g/mol. The SMILES string of the molecule is CCOC(=O)c1sc(NC(=O)CSc2nc3c(C)cc(C)cc3cc2C#N)nc1C. The van der Waals surface area contributed by atoms with Gasteiger partial charge in [0.15, 0.2) is 5.13 Å². The average molecular weight is 441 g/mol. The molecule has 2 aromatic heterocycles. The highest BCUT2D eigenvalue weighted by atomic mass is 32.2. The van der Waals surface area contributed by atoms with Gasteiger partial charge in [-0.1, -0.05) is 34.7 Å². The number of nitrogens with one attached hydrogen (secondary N) is 1. The van der Waals surface area contributed by atoms with Crippen LogP contribution in [0.4, 0.5) is 5.13 Å². The standard InChI is InChI=1S/C21H20N4O3S2/c1-5-28-20(27)18-13(4)23-21(30-18)24-16(26)10-29-19-15(9-22)8-14-7-11(2)6-12(3)17(14)25-19/h6-8H,5,10H2,1-4H3,(H,23,24,26). The second-order valence-corrected chi connectivity index (χ2v) is 8.56. The van der Waals surface area contributed by atoms with Crippen LogP contribution in [0.15, 0.2) is 23.2 Å². The number of hydrogen-bond acceptors (Lipinski definition) is 8. The van der Waals surface area contributed by atoms with Gasteiger partial charge in [0.1, 0.15) is 16.0 Å². The molecule has 0 saturated heterocycles. The Morgan fingerprint density at radius 1 is 1.23 bits per heavy atom. The molecule has 3 rings (SSSR count). The summed E-state index contributed by atoms with van der Waals surface area (Å²) in [7, 11) is 0. The molecule has 3 aromatic rings. The molecule has 154 valence electrons. The maximum atomic E-state index is 12.4. The lowest BCUT2D eigenvalue weighted by Crippen LogP contribution is -2.14. The van der Waals surface area contributed by atoms with Crippen molar-refractivity contribution in [1.29, 1.82) is 5.26 Å². The van der Waals surface area contributed by atoms with Crippen molar-refractivity contribution >= 4 is 51.0 Å². The zero-order valence-electron chi connectivity index (χ0n) is 17.0. The average Bonchev–Trinajstić information content (AvgIpc) is 3.06. The number of amides is 1. The third-order valence-electron chi connectivity index (χ3n) is 4.18. The number of carbonyl (C=O) groups is 2. The van der Waals surface area contributed by atoms with Crippen molar-refractivity contribution in [2.45, 2.75) is 32.7 Å². The first-order valence-electron chi connectivity index (χ1n) is 9.21. The predicted octanol–water partition coefficient (Wildman–Crippen LogP) is 4.40. The van der Waals surface area contributed by atoms with Crippen molar-refractivity contribution < 1.29 is 14.3 Å². The normalized spacial score (nSPS) is 10.6. The van der Waals surface area contributed by atoms with Crippen molar-refractivity contribution in [2.24, 2.45) is 0 Å². The molecular formula is C21H20N4O3S2. The molecule has 0 bridgehead atoms. The number of nitrogens with zero attached hydrogens (tertiary/aromatic N) is 3. The topological polar surface area (TPSA) is 105 Å². The molecule has 0 saturated carbocycles. The van der Waals surface area contributed by atoms with Gasteiger partial charge < -0.3 is 10.1 Å². The first-order valence-corrected chi connectivity index (χ1v) is 11.0. The van der Waals surface area contributed by atoms with Gasteiger partial charge in [-0.15, -0.1) is 0 Å². The summed E-state index contributed by atoms with van der Waals surface area (Å²) < 4.78 is 4.99. The summed E-state index contributed by atoms with van der Waals surface area (Å²) >= 11 is 2.27. The third kappa shape index (κ3) is 4.78. The van der Waals surface area contributed by atoms with Crippen LogP contribution in [0.3, 0.4) is 0 Å². The van der Waals surface area contributed by atoms with Gasteiger partial charge in [0.25, 0.3) is 0 Å². The van der Waals surface area contributed by atoms with Crippen molar-refractivity contribution in [1.82, 2.24) is 9.97 Å². The van der Waals surface area contributed by atoms with Crippen molar-refractivity contribution in [3.05, 3.63) is 45.5 Å². The van der Waals surface area contributed by atoms with E-state index in [1.165, 1.54) is 11.8 Å². The van der Waals surface area contributed by atoms with E-state index in [1.807, 2.05) is 26.0 Å². The number of rotatable bonds is 6. The fourth-order valence-corrected chi connectivity index (χ4v) is 4.58. The molecule has 1 amide bonds. The van der Waals surface area contributed by atoms with E-state index in [1.54, 1.807) is 19.9 Å². The van der Waals surface area contributed by atoms with Crippen LogP contribution in [0.1, 0.15) is 39.0 Å². The lowest BCUT2D eigenvalue weighted by molar-refractivity contribution is -0.113. The number of carbonyl (C=O) groups excluding carboxylic acids is 2. The van der Waals surface area contributed by atoms with E-state index in [-0.39, 0.29) is 18.3 Å². The van der Waals surface area contributed by atoms with E-state index in [2.05, 4.69) is 21.4 Å². The minimum Gasteiger partial charge on any atom is -0.462 e. The van der Waals surface area contributed by atoms with E-state index in [4.69, 9.17) is 4.74 Å². The third-order valence-corrected chi connectivity index (χ3v) is 6.23. The highest BCUT2D eigenvalue weighted by molar-refractivity contribution is 8.00. The Bertz CT molecular complexity index is 1180. The van der Waals surface area contributed by atoms with Crippen LogP contribution in [-0.2, 0) is 9.53 Å². The number of pyridine rings is 1. The number of hydrogen-bond donors (Lipinski definition) is 1. The van der Waals surface area contributed by atoms with Gasteiger partial charge in [-0.05, 0) is 45.4 Å². The number of anilines is 1. The zero-order chi connectivity index (χ0) is 21.8. The number of nitriles is 1. The molecule has 0 aliphatic heterocycles. The highest BCUT2D eigenvalue weighted by Gasteiger charge is 2.18. The van der Waals surface area contributed by atoms with E-state index in [0.29, 0.717) is 26.3 Å². The Labute approximate surface area is 182 Å². The number of thioether (sulfide) groups is 1. The fourth-order valence-electron chi connectivity index (χ4n) is 2.95. The molecule has 0 spiro atoms. The number of aryl methyl sites for hydroxylation is 3. The lowest BCUT2D eigenvalue weighted by atomic mass is 10.1. The van der Waals surface area contributed by atoms with Gasteiger partial charge in [0, 0.05) is 5.39 Å². The van der Waals surface area contributed by atoms with Crippen molar-refractivity contribution in [3.63, 3.8) is 0 Å². The number of fused-ring (bicyclic) bond motifs is 1. The van der Waals surface area contributed by atoms with Crippen molar-refractivity contribution in [3.8, 4) is 6.07 Å². The Morgan fingerprint density at radius 2 is 2.00 bits per heavy atom. The number of thiazole rings is 1. The maximum absolute atomic E-state index is 12.4. The van der Waals surface area contributed by atoms with Crippen LogP contribution in [0, 0.1) is 32.1 Å². The van der Waals surface area contributed by atoms with Gasteiger partial charge in [0.05, 0.1) is 29.1 Å². The minimum atomic E-state index is -0.452. The van der Waals surface area contributed by atoms with Crippen LogP contribution >= 0.6 is 23.1 Å². The Morgan fingerprint density at radius 3 is 2.70 bits per heavy atom. The summed E-state index contributed by atoms with van der Waals surface area (Å²) in [6.07, 6.45) is 0. The largest absolute Gasteiger partial charge is 0.462 e. The predicted molar refractivity (Wildman–Crippen MR) is 118 cm³/mol. The summed E-state index contributed by atoms with van der Waals surface area (Å²) in [5, 5.41) is 13.9. The molecule has 0 atom stereocenters. The molecule has 0 fully saturated rings.